The van der Waals surface area contributed by atoms with Crippen molar-refractivity contribution in [1.82, 2.24) is 19.9 Å². The molecule has 0 bridgehead atoms. The summed E-state index contributed by atoms with van der Waals surface area (Å²) in [6.07, 6.45) is 5.03. The van der Waals surface area contributed by atoms with E-state index in [1.165, 1.54) is 12.1 Å². The normalized spacial score (nSPS) is 16.1. The minimum Gasteiger partial charge on any atom is -0.354 e. The Labute approximate surface area is 200 Å². The van der Waals surface area contributed by atoms with Crippen LogP contribution in [0.1, 0.15) is 18.4 Å². The first-order valence-electron chi connectivity index (χ1n) is 11.0. The molecule has 0 aliphatic carbocycles. The van der Waals surface area contributed by atoms with Crippen molar-refractivity contribution in [2.24, 2.45) is 5.92 Å². The summed E-state index contributed by atoms with van der Waals surface area (Å²) >= 11 is 6.14. The molecular weight excluding hydrogens is 460 g/mol. The monoisotopic (exact) mass is 481 g/mol. The van der Waals surface area contributed by atoms with Crippen molar-refractivity contribution in [2.45, 2.75) is 19.4 Å². The summed E-state index contributed by atoms with van der Waals surface area (Å²) in [5.74, 6) is -0.984. The highest BCUT2D eigenvalue weighted by atomic mass is 35.5. The van der Waals surface area contributed by atoms with E-state index < -0.39 is 11.6 Å². The predicted molar refractivity (Wildman–Crippen MR) is 127 cm³/mol. The lowest BCUT2D eigenvalue weighted by Gasteiger charge is -2.33. The van der Waals surface area contributed by atoms with Crippen molar-refractivity contribution in [3.63, 3.8) is 0 Å². The van der Waals surface area contributed by atoms with Gasteiger partial charge in [0, 0.05) is 54.2 Å². The van der Waals surface area contributed by atoms with E-state index in [9.17, 15) is 13.6 Å². The fourth-order valence-corrected chi connectivity index (χ4v) is 4.51. The second-order valence-electron chi connectivity index (χ2n) is 8.36. The van der Waals surface area contributed by atoms with Gasteiger partial charge >= 0.3 is 0 Å². The van der Waals surface area contributed by atoms with Crippen molar-refractivity contribution < 1.29 is 13.6 Å². The predicted octanol–water partition coefficient (Wildman–Crippen LogP) is 4.86. The molecule has 1 aliphatic rings. The van der Waals surface area contributed by atoms with Crippen LogP contribution in [0, 0.1) is 17.6 Å². The molecule has 174 valence electrons. The maximum atomic E-state index is 13.9. The molecule has 4 aromatic rings. The van der Waals surface area contributed by atoms with E-state index in [2.05, 4.69) is 20.3 Å². The molecule has 9 heteroatoms. The van der Waals surface area contributed by atoms with E-state index >= 15 is 0 Å². The molecule has 1 N–H and O–H groups in total. The zero-order chi connectivity index (χ0) is 23.7. The number of carbonyl (C=O) groups excluding carboxylic acids is 1. The molecule has 1 fully saturated rings. The number of nitrogens with zero attached hydrogens (tertiary/aromatic N) is 4. The van der Waals surface area contributed by atoms with Crippen molar-refractivity contribution in [1.29, 1.82) is 0 Å². The number of halogens is 3. The van der Waals surface area contributed by atoms with Gasteiger partial charge in [0.1, 0.15) is 17.2 Å². The third kappa shape index (κ3) is 4.59. The molecular formula is C25H22ClF2N5O. The van der Waals surface area contributed by atoms with Crippen LogP contribution in [0.3, 0.4) is 0 Å². The van der Waals surface area contributed by atoms with Gasteiger partial charge in [-0.2, -0.15) is 5.10 Å². The summed E-state index contributed by atoms with van der Waals surface area (Å²) in [5, 5.41) is 8.09. The number of fused-ring (bicyclic) bond motifs is 1. The summed E-state index contributed by atoms with van der Waals surface area (Å²) in [6, 6.07) is 12.8. The number of piperidine rings is 1. The molecule has 5 rings (SSSR count). The quantitative estimate of drug-likeness (QED) is 0.442. The lowest BCUT2D eigenvalue weighted by Crippen LogP contribution is -2.43. The Morgan fingerprint density at radius 3 is 2.88 bits per heavy atom. The highest BCUT2D eigenvalue weighted by Gasteiger charge is 2.28. The van der Waals surface area contributed by atoms with E-state index in [1.54, 1.807) is 16.9 Å². The number of carbonyl (C=O) groups is 1. The number of anilines is 1. The van der Waals surface area contributed by atoms with Gasteiger partial charge in [0.2, 0.25) is 5.91 Å². The van der Waals surface area contributed by atoms with Crippen molar-refractivity contribution >= 4 is 28.8 Å². The lowest BCUT2D eigenvalue weighted by molar-refractivity contribution is -0.125. The third-order valence-corrected chi connectivity index (χ3v) is 6.28. The van der Waals surface area contributed by atoms with Crippen molar-refractivity contribution in [3.05, 3.63) is 83.1 Å². The second kappa shape index (κ2) is 9.38. The Balaban J connectivity index is 1.33. The number of amides is 1. The Kier molecular flexibility index (Phi) is 6.15. The Bertz CT molecular complexity index is 1360. The average Bonchev–Trinajstić information content (AvgIpc) is 3.28. The van der Waals surface area contributed by atoms with Gasteiger partial charge in [-0.25, -0.2) is 18.3 Å². The third-order valence-electron chi connectivity index (χ3n) is 6.05. The molecule has 34 heavy (non-hydrogen) atoms. The largest absolute Gasteiger partial charge is 0.354 e. The molecule has 0 spiro atoms. The molecule has 0 saturated carbocycles. The standard InChI is InChI=1S/C25H22ClF2N5O/c26-19-5-1-3-16(11-19)22-13-23-24(29-8-10-33(23)31-22)32-9-2-4-18(15-32)25(34)30-14-17-6-7-20(27)12-21(17)28/h1,3,5-8,10-13,18H,2,4,9,14-15H2,(H,30,34)/t18-/m0/s1. The minimum atomic E-state index is -0.669. The van der Waals surface area contributed by atoms with Gasteiger partial charge in [-0.15, -0.1) is 0 Å². The fourth-order valence-electron chi connectivity index (χ4n) is 4.32. The average molecular weight is 482 g/mol. The number of nitrogens with one attached hydrogen (secondary N) is 1. The van der Waals surface area contributed by atoms with Gasteiger partial charge in [0.05, 0.1) is 11.6 Å². The van der Waals surface area contributed by atoms with Crippen molar-refractivity contribution in [2.75, 3.05) is 18.0 Å². The van der Waals surface area contributed by atoms with E-state index in [0.717, 1.165) is 48.0 Å². The zero-order valence-corrected chi connectivity index (χ0v) is 19.0. The summed E-state index contributed by atoms with van der Waals surface area (Å²) in [5.41, 5.74) is 2.78. The SMILES string of the molecule is O=C(NCc1ccc(F)cc1F)[C@H]1CCCN(c2nccn3nc(-c4cccc(Cl)c4)cc23)C1. The molecule has 1 aliphatic heterocycles. The lowest BCUT2D eigenvalue weighted by atomic mass is 9.97. The Morgan fingerprint density at radius 1 is 1.18 bits per heavy atom. The molecule has 2 aromatic heterocycles. The van der Waals surface area contributed by atoms with Crippen LogP contribution < -0.4 is 10.2 Å². The van der Waals surface area contributed by atoms with Gasteiger partial charge in [-0.1, -0.05) is 29.8 Å². The topological polar surface area (TPSA) is 62.5 Å². The van der Waals surface area contributed by atoms with E-state index in [4.69, 9.17) is 11.6 Å². The van der Waals surface area contributed by atoms with Crippen LogP contribution in [0.4, 0.5) is 14.6 Å². The van der Waals surface area contributed by atoms with Gasteiger partial charge in [-0.3, -0.25) is 4.79 Å². The highest BCUT2D eigenvalue weighted by molar-refractivity contribution is 6.30. The molecule has 0 unspecified atom stereocenters. The maximum Gasteiger partial charge on any atom is 0.225 e. The van der Waals surface area contributed by atoms with Crippen LogP contribution in [0.15, 0.2) is 60.9 Å². The van der Waals surface area contributed by atoms with Crippen LogP contribution in [0.5, 0.6) is 0 Å². The fraction of sp³-hybridized carbons (Fsp3) is 0.240. The summed E-state index contributed by atoms with van der Waals surface area (Å²) in [4.78, 5) is 19.5. The highest BCUT2D eigenvalue weighted by Crippen LogP contribution is 2.29. The van der Waals surface area contributed by atoms with Crippen LogP contribution in [-0.2, 0) is 11.3 Å². The Morgan fingerprint density at radius 2 is 2.06 bits per heavy atom. The molecule has 1 amide bonds. The Hall–Kier alpha value is -3.52. The maximum absolute atomic E-state index is 13.9. The van der Waals surface area contributed by atoms with Gasteiger partial charge in [-0.05, 0) is 37.1 Å². The number of benzene rings is 2. The zero-order valence-electron chi connectivity index (χ0n) is 18.2. The molecule has 6 nitrogen and oxygen atoms in total. The van der Waals surface area contributed by atoms with Crippen LogP contribution in [0.2, 0.25) is 5.02 Å². The van der Waals surface area contributed by atoms with E-state index in [1.807, 2.05) is 30.3 Å². The number of aromatic nitrogens is 3. The van der Waals surface area contributed by atoms with Gasteiger partial charge in [0.15, 0.2) is 5.82 Å². The van der Waals surface area contributed by atoms with Gasteiger partial charge in [0.25, 0.3) is 0 Å². The van der Waals surface area contributed by atoms with E-state index in [0.29, 0.717) is 11.6 Å². The first-order valence-corrected chi connectivity index (χ1v) is 11.4. The van der Waals surface area contributed by atoms with Crippen molar-refractivity contribution in [3.8, 4) is 11.3 Å². The van der Waals surface area contributed by atoms with Crippen LogP contribution in [-0.4, -0.2) is 33.6 Å². The first-order chi connectivity index (χ1) is 16.5. The minimum absolute atomic E-state index is 0.0148. The van der Waals surface area contributed by atoms with Gasteiger partial charge < -0.3 is 10.2 Å². The smallest absolute Gasteiger partial charge is 0.225 e. The first kappa shape index (κ1) is 22.3. The number of hydrogen-bond acceptors (Lipinski definition) is 4. The van der Waals surface area contributed by atoms with E-state index in [-0.39, 0.29) is 23.9 Å². The summed E-state index contributed by atoms with van der Waals surface area (Å²) in [7, 11) is 0. The molecule has 3 heterocycles. The molecule has 1 atom stereocenters. The number of hydrogen-bond donors (Lipinski definition) is 1. The molecule has 0 radical (unpaired) electrons. The summed E-state index contributed by atoms with van der Waals surface area (Å²) < 4.78 is 28.8. The number of rotatable bonds is 5. The summed E-state index contributed by atoms with van der Waals surface area (Å²) in [6.45, 7) is 1.27. The van der Waals surface area contributed by atoms with Crippen LogP contribution >= 0.6 is 11.6 Å². The molecule has 2 aromatic carbocycles. The second-order valence-corrected chi connectivity index (χ2v) is 8.80. The van der Waals surface area contributed by atoms with Crippen LogP contribution in [0.25, 0.3) is 16.8 Å². The molecule has 1 saturated heterocycles.